The topological polar surface area (TPSA) is 130 Å². The Morgan fingerprint density at radius 3 is 2.56 bits per heavy atom. The van der Waals surface area contributed by atoms with Crippen LogP contribution in [0.1, 0.15) is 27.9 Å². The molecule has 134 valence electrons. The smallest absolute Gasteiger partial charge is 0.347 e. The highest BCUT2D eigenvalue weighted by Crippen LogP contribution is 2.24. The van der Waals surface area contributed by atoms with E-state index in [1.165, 1.54) is 13.3 Å². The minimum absolute atomic E-state index is 0. The fourth-order valence-corrected chi connectivity index (χ4v) is 2.93. The number of hydrogen-bond acceptors (Lipinski definition) is 6. The molecule has 0 aliphatic heterocycles. The zero-order valence-corrected chi connectivity index (χ0v) is 15.0. The molecule has 25 heavy (non-hydrogen) atoms. The van der Waals surface area contributed by atoms with Crippen molar-refractivity contribution in [3.8, 4) is 0 Å². The first kappa shape index (κ1) is 20.4. The number of nitrogens with one attached hydrogen (secondary N) is 2. The molecule has 2 rings (SSSR count). The Kier molecular flexibility index (Phi) is 7.83. The van der Waals surface area contributed by atoms with Crippen LogP contribution in [-0.4, -0.2) is 28.3 Å². The SMILES string of the molecule is CC(=O)Nc1nc(CCc2ccc(NC=NN)cc2)c(C(=O)O)s1.Cl. The number of carboxylic acids is 1. The van der Waals surface area contributed by atoms with Gasteiger partial charge in [0.05, 0.1) is 5.69 Å². The Hall–Kier alpha value is -2.65. The van der Waals surface area contributed by atoms with E-state index in [0.29, 0.717) is 23.7 Å². The summed E-state index contributed by atoms with van der Waals surface area (Å²) in [7, 11) is 0. The van der Waals surface area contributed by atoms with Crippen molar-refractivity contribution in [2.24, 2.45) is 10.9 Å². The highest BCUT2D eigenvalue weighted by molar-refractivity contribution is 7.17. The highest BCUT2D eigenvalue weighted by Gasteiger charge is 2.17. The van der Waals surface area contributed by atoms with Gasteiger partial charge in [-0.05, 0) is 30.5 Å². The van der Waals surface area contributed by atoms with Crippen molar-refractivity contribution >= 4 is 52.8 Å². The first-order chi connectivity index (χ1) is 11.5. The molecule has 0 bridgehead atoms. The van der Waals surface area contributed by atoms with E-state index in [9.17, 15) is 14.7 Å². The van der Waals surface area contributed by atoms with Gasteiger partial charge in [-0.15, -0.1) is 12.4 Å². The quantitative estimate of drug-likeness (QED) is 0.251. The molecule has 1 aromatic heterocycles. The van der Waals surface area contributed by atoms with Gasteiger partial charge in [-0.3, -0.25) is 4.79 Å². The Labute approximate surface area is 154 Å². The molecule has 1 heterocycles. The van der Waals surface area contributed by atoms with Crippen LogP contribution in [0.15, 0.2) is 29.4 Å². The number of hydrogen-bond donors (Lipinski definition) is 4. The summed E-state index contributed by atoms with van der Waals surface area (Å²) in [6.45, 7) is 1.35. The summed E-state index contributed by atoms with van der Waals surface area (Å²) in [5.41, 5.74) is 2.35. The number of anilines is 2. The average molecular weight is 384 g/mol. The third-order valence-electron chi connectivity index (χ3n) is 3.08. The first-order valence-corrected chi connectivity index (χ1v) is 7.89. The van der Waals surface area contributed by atoms with Gasteiger partial charge in [0.15, 0.2) is 5.13 Å². The van der Waals surface area contributed by atoms with Crippen LogP contribution >= 0.6 is 23.7 Å². The molecular formula is C15H18ClN5O3S. The summed E-state index contributed by atoms with van der Waals surface area (Å²) in [4.78, 5) is 26.7. The summed E-state index contributed by atoms with van der Waals surface area (Å²) in [5.74, 6) is 3.69. The van der Waals surface area contributed by atoms with E-state index >= 15 is 0 Å². The molecule has 0 atom stereocenters. The van der Waals surface area contributed by atoms with Gasteiger partial charge < -0.3 is 21.6 Å². The first-order valence-electron chi connectivity index (χ1n) is 7.07. The number of carbonyl (C=O) groups is 2. The number of thiazole rings is 1. The van der Waals surface area contributed by atoms with Crippen molar-refractivity contribution in [1.82, 2.24) is 4.98 Å². The van der Waals surface area contributed by atoms with Gasteiger partial charge >= 0.3 is 5.97 Å². The number of nitrogens with two attached hydrogens (primary N) is 1. The van der Waals surface area contributed by atoms with Crippen molar-refractivity contribution in [3.63, 3.8) is 0 Å². The number of aromatic carboxylic acids is 1. The Balaban J connectivity index is 0.00000312. The van der Waals surface area contributed by atoms with Crippen LogP contribution in [0.25, 0.3) is 0 Å². The molecular weight excluding hydrogens is 366 g/mol. The van der Waals surface area contributed by atoms with Crippen molar-refractivity contribution < 1.29 is 14.7 Å². The molecule has 8 nitrogen and oxygen atoms in total. The second-order valence-electron chi connectivity index (χ2n) is 4.90. The summed E-state index contributed by atoms with van der Waals surface area (Å²) in [6.07, 6.45) is 2.48. The molecule has 0 saturated heterocycles. The summed E-state index contributed by atoms with van der Waals surface area (Å²) >= 11 is 0.964. The molecule has 0 fully saturated rings. The average Bonchev–Trinajstić information content (AvgIpc) is 2.94. The van der Waals surface area contributed by atoms with E-state index in [0.717, 1.165) is 22.6 Å². The number of hydrazone groups is 1. The molecule has 5 N–H and O–H groups in total. The third-order valence-corrected chi connectivity index (χ3v) is 4.09. The molecule has 0 aliphatic carbocycles. The third kappa shape index (κ3) is 6.05. The van der Waals surface area contributed by atoms with Gasteiger partial charge in [-0.25, -0.2) is 9.78 Å². The van der Waals surface area contributed by atoms with Crippen LogP contribution < -0.4 is 16.5 Å². The van der Waals surface area contributed by atoms with Crippen molar-refractivity contribution in [2.75, 3.05) is 10.6 Å². The zero-order chi connectivity index (χ0) is 17.5. The Morgan fingerprint density at radius 2 is 2.00 bits per heavy atom. The summed E-state index contributed by atoms with van der Waals surface area (Å²) in [6, 6.07) is 7.60. The molecule has 10 heteroatoms. The molecule has 0 radical (unpaired) electrons. The largest absolute Gasteiger partial charge is 0.477 e. The van der Waals surface area contributed by atoms with E-state index in [1.807, 2.05) is 24.3 Å². The predicted molar refractivity (Wildman–Crippen MR) is 101 cm³/mol. The normalized spacial score (nSPS) is 10.3. The zero-order valence-electron chi connectivity index (χ0n) is 13.4. The second-order valence-corrected chi connectivity index (χ2v) is 5.90. The lowest BCUT2D eigenvalue weighted by molar-refractivity contribution is -0.114. The molecule has 1 amide bonds. The second kappa shape index (κ2) is 9.60. The van der Waals surface area contributed by atoms with Gasteiger partial charge in [0.2, 0.25) is 5.91 Å². The number of halogens is 1. The van der Waals surface area contributed by atoms with Gasteiger partial charge in [0.1, 0.15) is 11.2 Å². The number of amides is 1. The molecule has 0 spiro atoms. The van der Waals surface area contributed by atoms with Gasteiger partial charge in [0, 0.05) is 12.6 Å². The van der Waals surface area contributed by atoms with Gasteiger partial charge in [-0.1, -0.05) is 23.5 Å². The van der Waals surface area contributed by atoms with E-state index in [1.54, 1.807) is 0 Å². The lowest BCUT2D eigenvalue weighted by atomic mass is 10.1. The number of nitrogens with zero attached hydrogens (tertiary/aromatic N) is 2. The lowest BCUT2D eigenvalue weighted by Gasteiger charge is -2.03. The van der Waals surface area contributed by atoms with Crippen molar-refractivity contribution in [2.45, 2.75) is 19.8 Å². The fraction of sp³-hybridized carbons (Fsp3) is 0.200. The number of aryl methyl sites for hydroxylation is 2. The monoisotopic (exact) mass is 383 g/mol. The maximum absolute atomic E-state index is 11.3. The number of benzene rings is 1. The number of carboxylic acid groups (broad SMARTS) is 1. The van der Waals surface area contributed by atoms with Crippen molar-refractivity contribution in [3.05, 3.63) is 40.4 Å². The van der Waals surface area contributed by atoms with E-state index in [4.69, 9.17) is 5.84 Å². The van der Waals surface area contributed by atoms with E-state index in [2.05, 4.69) is 20.7 Å². The summed E-state index contributed by atoms with van der Waals surface area (Å²) < 4.78 is 0. The molecule has 0 unspecified atom stereocenters. The highest BCUT2D eigenvalue weighted by atomic mass is 35.5. The summed E-state index contributed by atoms with van der Waals surface area (Å²) in [5, 5.41) is 18.3. The number of carbonyl (C=O) groups excluding carboxylic acids is 1. The molecule has 1 aromatic carbocycles. The van der Waals surface area contributed by atoms with Crippen molar-refractivity contribution in [1.29, 1.82) is 0 Å². The van der Waals surface area contributed by atoms with Crippen LogP contribution in [0.2, 0.25) is 0 Å². The maximum atomic E-state index is 11.3. The van der Waals surface area contributed by atoms with E-state index < -0.39 is 5.97 Å². The van der Waals surface area contributed by atoms with Crippen LogP contribution in [0.5, 0.6) is 0 Å². The Morgan fingerprint density at radius 1 is 1.32 bits per heavy atom. The van der Waals surface area contributed by atoms with E-state index in [-0.39, 0.29) is 23.2 Å². The van der Waals surface area contributed by atoms with Gasteiger partial charge in [0.25, 0.3) is 0 Å². The standard InChI is InChI=1S/C15H17N5O3S.ClH/c1-9(21)19-15-20-12(13(24-15)14(22)23)7-4-10-2-5-11(6-3-10)17-8-18-16;/h2-3,5-6,8H,4,7,16H2,1H3,(H,17,18)(H,22,23)(H,19,20,21);1H. The van der Waals surface area contributed by atoms with Crippen LogP contribution in [0.3, 0.4) is 0 Å². The van der Waals surface area contributed by atoms with Crippen LogP contribution in [0, 0.1) is 0 Å². The molecule has 0 aliphatic rings. The lowest BCUT2D eigenvalue weighted by Crippen LogP contribution is -2.05. The Bertz CT molecular complexity index is 761. The predicted octanol–water partition coefficient (Wildman–Crippen LogP) is 2.32. The maximum Gasteiger partial charge on any atom is 0.347 e. The van der Waals surface area contributed by atoms with Crippen LogP contribution in [-0.2, 0) is 17.6 Å². The molecule has 2 aromatic rings. The molecule has 0 saturated carbocycles. The minimum Gasteiger partial charge on any atom is -0.477 e. The number of aromatic nitrogens is 1. The minimum atomic E-state index is -1.04. The van der Waals surface area contributed by atoms with Crippen LogP contribution in [0.4, 0.5) is 10.8 Å². The number of rotatable bonds is 7. The van der Waals surface area contributed by atoms with Gasteiger partial charge in [-0.2, -0.15) is 5.10 Å². The fourth-order valence-electron chi connectivity index (χ4n) is 2.03.